The Labute approximate surface area is 106 Å². The van der Waals surface area contributed by atoms with Crippen LogP contribution in [-0.2, 0) is 0 Å². The Kier molecular flexibility index (Phi) is 3.55. The molecule has 0 amide bonds. The fourth-order valence-corrected chi connectivity index (χ4v) is 1.77. The van der Waals surface area contributed by atoms with Crippen LogP contribution in [0.1, 0.15) is 29.1 Å². The van der Waals surface area contributed by atoms with Gasteiger partial charge in [0.05, 0.1) is 0 Å². The third-order valence-corrected chi connectivity index (χ3v) is 2.88. The second-order valence-electron chi connectivity index (χ2n) is 4.20. The van der Waals surface area contributed by atoms with E-state index in [4.69, 9.17) is 5.73 Å². The van der Waals surface area contributed by atoms with Crippen molar-refractivity contribution in [2.75, 3.05) is 0 Å². The van der Waals surface area contributed by atoms with Gasteiger partial charge in [0.15, 0.2) is 5.78 Å². The largest absolute Gasteiger partial charge is 0.375 e. The Morgan fingerprint density at radius 2 is 1.44 bits per heavy atom. The quantitative estimate of drug-likeness (QED) is 0.641. The number of hydrogen-bond donors (Lipinski definition) is 2. The van der Waals surface area contributed by atoms with Crippen molar-refractivity contribution in [1.29, 1.82) is 0 Å². The topological polar surface area (TPSA) is 63.3 Å². The van der Waals surface area contributed by atoms with Crippen LogP contribution in [-0.4, -0.2) is 10.9 Å². The van der Waals surface area contributed by atoms with Crippen molar-refractivity contribution in [2.45, 2.75) is 13.2 Å². The highest BCUT2D eigenvalue weighted by Crippen LogP contribution is 2.21. The van der Waals surface area contributed by atoms with Crippen molar-refractivity contribution in [2.24, 2.45) is 5.73 Å². The lowest BCUT2D eigenvalue weighted by Gasteiger charge is -2.07. The fourth-order valence-electron chi connectivity index (χ4n) is 1.77. The van der Waals surface area contributed by atoms with E-state index in [1.807, 2.05) is 36.4 Å². The Bertz CT molecular complexity index is 542. The monoisotopic (exact) mass is 241 g/mol. The maximum Gasteiger partial charge on any atom is 0.159 e. The average molecular weight is 241 g/mol. The zero-order chi connectivity index (χ0) is 13.1. The summed E-state index contributed by atoms with van der Waals surface area (Å²) in [6.45, 7) is 1.55. The van der Waals surface area contributed by atoms with Gasteiger partial charge in [-0.25, -0.2) is 0 Å². The van der Waals surface area contributed by atoms with Gasteiger partial charge in [-0.2, -0.15) is 0 Å². The van der Waals surface area contributed by atoms with E-state index in [2.05, 4.69) is 0 Å². The molecule has 92 valence electrons. The minimum absolute atomic E-state index is 0.0585. The number of Topliss-reactive ketones (excluding diaryl/α,β-unsaturated/α-hetero) is 1. The zero-order valence-electron chi connectivity index (χ0n) is 10.1. The first kappa shape index (κ1) is 12.5. The standard InChI is InChI=1S/C15H15NO2/c1-10(17)11-2-4-12(5-3-11)13-6-8-14(9-7-13)15(16)18/h2-9,15,18H,16H2,1H3. The van der Waals surface area contributed by atoms with Crippen LogP contribution >= 0.6 is 0 Å². The molecule has 3 heteroatoms. The van der Waals surface area contributed by atoms with E-state index < -0.39 is 6.23 Å². The van der Waals surface area contributed by atoms with Gasteiger partial charge in [0.2, 0.25) is 0 Å². The number of carbonyl (C=O) groups excluding carboxylic acids is 1. The molecular formula is C15H15NO2. The van der Waals surface area contributed by atoms with Gasteiger partial charge >= 0.3 is 0 Å². The smallest absolute Gasteiger partial charge is 0.159 e. The molecule has 18 heavy (non-hydrogen) atoms. The molecule has 3 N–H and O–H groups in total. The number of nitrogens with two attached hydrogens (primary N) is 1. The zero-order valence-corrected chi connectivity index (χ0v) is 10.1. The Morgan fingerprint density at radius 1 is 1.00 bits per heavy atom. The van der Waals surface area contributed by atoms with E-state index in [0.717, 1.165) is 11.1 Å². The minimum Gasteiger partial charge on any atom is -0.375 e. The number of aliphatic hydroxyl groups is 1. The fraction of sp³-hybridized carbons (Fsp3) is 0.133. The molecule has 0 saturated carbocycles. The highest BCUT2D eigenvalue weighted by molar-refractivity contribution is 5.94. The number of ketones is 1. The van der Waals surface area contributed by atoms with Crippen LogP contribution in [0.4, 0.5) is 0 Å². The van der Waals surface area contributed by atoms with E-state index >= 15 is 0 Å². The second kappa shape index (κ2) is 5.12. The molecule has 0 radical (unpaired) electrons. The Hall–Kier alpha value is -1.97. The lowest BCUT2D eigenvalue weighted by molar-refractivity contribution is 0.101. The molecule has 0 aromatic heterocycles. The van der Waals surface area contributed by atoms with Crippen LogP contribution in [0.25, 0.3) is 11.1 Å². The minimum atomic E-state index is -0.945. The molecule has 3 nitrogen and oxygen atoms in total. The summed E-state index contributed by atoms with van der Waals surface area (Å²) in [6.07, 6.45) is -0.945. The van der Waals surface area contributed by atoms with Crippen molar-refractivity contribution >= 4 is 5.78 Å². The molecule has 0 saturated heterocycles. The summed E-state index contributed by atoms with van der Waals surface area (Å²) in [6, 6.07) is 14.8. The maximum absolute atomic E-state index is 11.2. The number of hydrogen-bond acceptors (Lipinski definition) is 3. The lowest BCUT2D eigenvalue weighted by atomic mass is 10.0. The van der Waals surface area contributed by atoms with Gasteiger partial charge in [-0.05, 0) is 23.6 Å². The normalized spacial score (nSPS) is 12.2. The molecule has 0 heterocycles. The molecule has 0 aliphatic rings. The van der Waals surface area contributed by atoms with Gasteiger partial charge in [-0.15, -0.1) is 0 Å². The summed E-state index contributed by atoms with van der Waals surface area (Å²) < 4.78 is 0. The van der Waals surface area contributed by atoms with Gasteiger partial charge in [0, 0.05) is 5.56 Å². The molecule has 2 rings (SSSR count). The summed E-state index contributed by atoms with van der Waals surface area (Å²) >= 11 is 0. The second-order valence-corrected chi connectivity index (χ2v) is 4.20. The van der Waals surface area contributed by atoms with Crippen molar-refractivity contribution in [1.82, 2.24) is 0 Å². The SMILES string of the molecule is CC(=O)c1ccc(-c2ccc(C(N)O)cc2)cc1. The van der Waals surface area contributed by atoms with E-state index in [0.29, 0.717) is 11.1 Å². The van der Waals surface area contributed by atoms with Gasteiger partial charge in [0.1, 0.15) is 6.23 Å². The molecule has 0 aliphatic carbocycles. The van der Waals surface area contributed by atoms with Gasteiger partial charge in [-0.3, -0.25) is 4.79 Å². The molecule has 1 unspecified atom stereocenters. The third-order valence-electron chi connectivity index (χ3n) is 2.88. The maximum atomic E-state index is 11.2. The summed E-state index contributed by atoms with van der Waals surface area (Å²) in [4.78, 5) is 11.2. The van der Waals surface area contributed by atoms with Crippen LogP contribution < -0.4 is 5.73 Å². The first-order chi connectivity index (χ1) is 8.58. The number of rotatable bonds is 3. The van der Waals surface area contributed by atoms with Gasteiger partial charge in [-0.1, -0.05) is 48.5 Å². The van der Waals surface area contributed by atoms with Crippen molar-refractivity contribution in [3.8, 4) is 11.1 Å². The predicted octanol–water partition coefficient (Wildman–Crippen LogP) is 2.51. The van der Waals surface area contributed by atoms with Crippen LogP contribution in [0, 0.1) is 0 Å². The van der Waals surface area contributed by atoms with Crippen molar-refractivity contribution in [3.63, 3.8) is 0 Å². The Balaban J connectivity index is 2.28. The van der Waals surface area contributed by atoms with Gasteiger partial charge < -0.3 is 10.8 Å². The van der Waals surface area contributed by atoms with Crippen LogP contribution in [0.2, 0.25) is 0 Å². The van der Waals surface area contributed by atoms with E-state index in [9.17, 15) is 9.90 Å². The van der Waals surface area contributed by atoms with Crippen LogP contribution in [0.15, 0.2) is 48.5 Å². The summed E-state index contributed by atoms with van der Waals surface area (Å²) in [5, 5.41) is 9.22. The predicted molar refractivity (Wildman–Crippen MR) is 71.0 cm³/mol. The summed E-state index contributed by atoms with van der Waals surface area (Å²) in [5.74, 6) is 0.0585. The number of benzene rings is 2. The van der Waals surface area contributed by atoms with Crippen LogP contribution in [0.3, 0.4) is 0 Å². The molecule has 2 aromatic rings. The molecule has 0 fully saturated rings. The highest BCUT2D eigenvalue weighted by atomic mass is 16.3. The van der Waals surface area contributed by atoms with Crippen LogP contribution in [0.5, 0.6) is 0 Å². The first-order valence-electron chi connectivity index (χ1n) is 5.73. The van der Waals surface area contributed by atoms with Crippen molar-refractivity contribution < 1.29 is 9.90 Å². The molecule has 0 aliphatic heterocycles. The third kappa shape index (κ3) is 2.64. The number of carbonyl (C=O) groups is 1. The molecule has 0 spiro atoms. The number of aliphatic hydroxyl groups excluding tert-OH is 1. The average Bonchev–Trinajstić information content (AvgIpc) is 2.39. The first-order valence-corrected chi connectivity index (χ1v) is 5.73. The van der Waals surface area contributed by atoms with E-state index in [1.165, 1.54) is 0 Å². The van der Waals surface area contributed by atoms with Crippen molar-refractivity contribution in [3.05, 3.63) is 59.7 Å². The summed E-state index contributed by atoms with van der Waals surface area (Å²) in [7, 11) is 0. The summed E-state index contributed by atoms with van der Waals surface area (Å²) in [5.41, 5.74) is 8.80. The van der Waals surface area contributed by atoms with Gasteiger partial charge in [0.25, 0.3) is 0 Å². The van der Waals surface area contributed by atoms with E-state index in [-0.39, 0.29) is 5.78 Å². The highest BCUT2D eigenvalue weighted by Gasteiger charge is 2.03. The molecule has 2 aromatic carbocycles. The molecule has 1 atom stereocenters. The van der Waals surface area contributed by atoms with E-state index in [1.54, 1.807) is 19.1 Å². The molecule has 0 bridgehead atoms. The molecular weight excluding hydrogens is 226 g/mol. The lowest BCUT2D eigenvalue weighted by Crippen LogP contribution is -2.07. The Morgan fingerprint density at radius 3 is 1.83 bits per heavy atom.